The third kappa shape index (κ3) is 6.34. The maximum absolute atomic E-state index is 12.1. The van der Waals surface area contributed by atoms with Gasteiger partial charge in [0.15, 0.2) is 5.78 Å². The minimum atomic E-state index is 0.0412. The zero-order valence-corrected chi connectivity index (χ0v) is 15.8. The Kier molecular flexibility index (Phi) is 8.32. The Balaban J connectivity index is 2.65. The van der Waals surface area contributed by atoms with E-state index in [4.69, 9.17) is 0 Å². The number of piperazine rings is 1. The molecule has 0 spiro atoms. The van der Waals surface area contributed by atoms with E-state index in [1.54, 1.807) is 0 Å². The number of Topliss-reactive ketones (excluding diaryl/α,β-unsaturated/α-hetero) is 1. The highest BCUT2D eigenvalue weighted by Crippen LogP contribution is 2.15. The summed E-state index contributed by atoms with van der Waals surface area (Å²) in [6.07, 6.45) is 8.11. The molecule has 1 aliphatic rings. The highest BCUT2D eigenvalue weighted by molar-refractivity contribution is 5.99. The normalized spacial score (nSPS) is 18.5. The van der Waals surface area contributed by atoms with Crippen LogP contribution in [0.4, 0.5) is 0 Å². The lowest BCUT2D eigenvalue weighted by molar-refractivity contribution is -0.117. The van der Waals surface area contributed by atoms with Gasteiger partial charge in [0.25, 0.3) is 0 Å². The van der Waals surface area contributed by atoms with E-state index in [1.807, 2.05) is 32.9 Å². The van der Waals surface area contributed by atoms with Gasteiger partial charge in [-0.3, -0.25) is 9.69 Å². The highest BCUT2D eigenvalue weighted by atomic mass is 16.1. The maximum atomic E-state index is 12.1. The Bertz CT molecular complexity index is 464. The zero-order valence-electron chi connectivity index (χ0n) is 15.8. The smallest absolute Gasteiger partial charge is 0.165 e. The number of rotatable bonds is 7. The molecule has 1 saturated heterocycles. The first-order valence-electron chi connectivity index (χ1n) is 8.91. The molecule has 3 heteroatoms. The average Bonchev–Trinajstić information content (AvgIpc) is 2.51. The van der Waals surface area contributed by atoms with Crippen LogP contribution in [0.15, 0.2) is 35.6 Å². The number of carbonyl (C=O) groups excluding carboxylic acids is 1. The van der Waals surface area contributed by atoms with Gasteiger partial charge >= 0.3 is 0 Å². The predicted octanol–water partition coefficient (Wildman–Crippen LogP) is 3.89. The minimum absolute atomic E-state index is 0.0412. The van der Waals surface area contributed by atoms with E-state index in [2.05, 4.69) is 42.7 Å². The van der Waals surface area contributed by atoms with Gasteiger partial charge in [0, 0.05) is 49.9 Å². The van der Waals surface area contributed by atoms with E-state index in [0.717, 1.165) is 37.7 Å². The Labute approximate surface area is 142 Å². The summed E-state index contributed by atoms with van der Waals surface area (Å²) in [5, 5.41) is 0. The molecule has 0 bridgehead atoms. The molecule has 0 aromatic heterocycles. The molecule has 0 radical (unpaired) electrons. The fourth-order valence-corrected chi connectivity index (χ4v) is 2.92. The summed E-state index contributed by atoms with van der Waals surface area (Å²) in [4.78, 5) is 17.1. The van der Waals surface area contributed by atoms with Crippen molar-refractivity contribution < 1.29 is 4.79 Å². The molecule has 0 aliphatic carbocycles. The summed E-state index contributed by atoms with van der Waals surface area (Å²) in [5.74, 6) is 0.974. The SMILES string of the molecule is C\C=C(/C=C\C(=C/C)N1CCN(CC(C)C)CC1)C(=O)C(C)C. The van der Waals surface area contributed by atoms with Gasteiger partial charge in [0.2, 0.25) is 0 Å². The van der Waals surface area contributed by atoms with Crippen LogP contribution in [-0.2, 0) is 4.79 Å². The number of hydrogen-bond acceptors (Lipinski definition) is 3. The molecule has 0 atom stereocenters. The van der Waals surface area contributed by atoms with Crippen LogP contribution in [0.1, 0.15) is 41.5 Å². The second kappa shape index (κ2) is 9.71. The Morgan fingerprint density at radius 1 is 0.957 bits per heavy atom. The first-order valence-corrected chi connectivity index (χ1v) is 8.91. The number of allylic oxidation sites excluding steroid dienone is 5. The number of hydrogen-bond donors (Lipinski definition) is 0. The Morgan fingerprint density at radius 3 is 2.00 bits per heavy atom. The number of ketones is 1. The fraction of sp³-hybridized carbons (Fsp3) is 0.650. The summed E-state index contributed by atoms with van der Waals surface area (Å²) >= 11 is 0. The van der Waals surface area contributed by atoms with Gasteiger partial charge in [-0.25, -0.2) is 0 Å². The summed E-state index contributed by atoms with van der Waals surface area (Å²) in [7, 11) is 0. The fourth-order valence-electron chi connectivity index (χ4n) is 2.92. The van der Waals surface area contributed by atoms with Gasteiger partial charge in [0.05, 0.1) is 0 Å². The second-order valence-electron chi connectivity index (χ2n) is 6.99. The summed E-state index contributed by atoms with van der Waals surface area (Å²) in [5.41, 5.74) is 2.02. The van der Waals surface area contributed by atoms with Crippen LogP contribution < -0.4 is 0 Å². The van der Waals surface area contributed by atoms with Crippen LogP contribution in [0.25, 0.3) is 0 Å². The molecule has 0 aromatic carbocycles. The first-order chi connectivity index (χ1) is 10.9. The van der Waals surface area contributed by atoms with E-state index in [-0.39, 0.29) is 11.7 Å². The molecule has 0 saturated carbocycles. The number of nitrogens with zero attached hydrogens (tertiary/aromatic N) is 2. The molecule has 0 amide bonds. The molecule has 1 fully saturated rings. The lowest BCUT2D eigenvalue weighted by Gasteiger charge is -2.37. The van der Waals surface area contributed by atoms with Gasteiger partial charge in [-0.2, -0.15) is 0 Å². The van der Waals surface area contributed by atoms with Crippen molar-refractivity contribution in [3.8, 4) is 0 Å². The van der Waals surface area contributed by atoms with E-state index < -0.39 is 0 Å². The van der Waals surface area contributed by atoms with Crippen molar-refractivity contribution in [2.24, 2.45) is 11.8 Å². The van der Waals surface area contributed by atoms with Crippen LogP contribution in [0.2, 0.25) is 0 Å². The topological polar surface area (TPSA) is 23.6 Å². The quantitative estimate of drug-likeness (QED) is 0.525. The summed E-state index contributed by atoms with van der Waals surface area (Å²) in [6.45, 7) is 18.0. The molecule has 1 heterocycles. The third-order valence-corrected chi connectivity index (χ3v) is 4.21. The number of carbonyl (C=O) groups is 1. The molecule has 23 heavy (non-hydrogen) atoms. The van der Waals surface area contributed by atoms with E-state index in [0.29, 0.717) is 0 Å². The first kappa shape index (κ1) is 19.7. The zero-order chi connectivity index (χ0) is 17.4. The summed E-state index contributed by atoms with van der Waals surface area (Å²) < 4.78 is 0. The molecule has 0 unspecified atom stereocenters. The molecule has 3 nitrogen and oxygen atoms in total. The van der Waals surface area contributed by atoms with Crippen molar-refractivity contribution in [1.29, 1.82) is 0 Å². The maximum Gasteiger partial charge on any atom is 0.165 e. The molecular formula is C20H34N2O. The molecule has 1 aliphatic heterocycles. The van der Waals surface area contributed by atoms with Gasteiger partial charge in [-0.1, -0.05) is 39.8 Å². The summed E-state index contributed by atoms with van der Waals surface area (Å²) in [6, 6.07) is 0. The lowest BCUT2D eigenvalue weighted by Crippen LogP contribution is -2.46. The highest BCUT2D eigenvalue weighted by Gasteiger charge is 2.18. The van der Waals surface area contributed by atoms with Crippen LogP contribution in [-0.4, -0.2) is 48.3 Å². The Morgan fingerprint density at radius 2 is 1.57 bits per heavy atom. The largest absolute Gasteiger partial charge is 0.369 e. The van der Waals surface area contributed by atoms with Crippen molar-refractivity contribution in [2.45, 2.75) is 41.5 Å². The van der Waals surface area contributed by atoms with Crippen molar-refractivity contribution in [2.75, 3.05) is 32.7 Å². The van der Waals surface area contributed by atoms with Crippen LogP contribution in [0.5, 0.6) is 0 Å². The van der Waals surface area contributed by atoms with Gasteiger partial charge in [-0.15, -0.1) is 0 Å². The molecule has 1 rings (SSSR count). The van der Waals surface area contributed by atoms with Crippen LogP contribution in [0.3, 0.4) is 0 Å². The molecular weight excluding hydrogens is 284 g/mol. The van der Waals surface area contributed by atoms with Crippen molar-refractivity contribution >= 4 is 5.78 Å². The average molecular weight is 319 g/mol. The van der Waals surface area contributed by atoms with Crippen molar-refractivity contribution in [3.05, 3.63) is 35.6 Å². The molecule has 0 N–H and O–H groups in total. The third-order valence-electron chi connectivity index (χ3n) is 4.21. The molecule has 0 aromatic rings. The van der Waals surface area contributed by atoms with E-state index in [1.165, 1.54) is 12.2 Å². The molecule has 130 valence electrons. The van der Waals surface area contributed by atoms with Crippen LogP contribution in [0, 0.1) is 11.8 Å². The van der Waals surface area contributed by atoms with E-state index >= 15 is 0 Å². The van der Waals surface area contributed by atoms with Crippen molar-refractivity contribution in [1.82, 2.24) is 9.80 Å². The second-order valence-corrected chi connectivity index (χ2v) is 6.99. The van der Waals surface area contributed by atoms with Gasteiger partial charge in [0.1, 0.15) is 0 Å². The minimum Gasteiger partial charge on any atom is -0.369 e. The standard InChI is InChI=1S/C20H34N2O/c1-7-18(20(23)17(5)6)9-10-19(8-2)22-13-11-21(12-14-22)15-16(3)4/h7-10,16-17H,11-15H2,1-6H3/b10-9-,18-7+,19-8+. The van der Waals surface area contributed by atoms with Crippen LogP contribution >= 0.6 is 0 Å². The van der Waals surface area contributed by atoms with Gasteiger partial charge < -0.3 is 4.90 Å². The van der Waals surface area contributed by atoms with E-state index in [9.17, 15) is 4.79 Å². The van der Waals surface area contributed by atoms with Crippen molar-refractivity contribution in [3.63, 3.8) is 0 Å². The Hall–Kier alpha value is -1.35. The monoisotopic (exact) mass is 318 g/mol. The van der Waals surface area contributed by atoms with Gasteiger partial charge in [-0.05, 0) is 31.9 Å². The lowest BCUT2D eigenvalue weighted by atomic mass is 10.0. The predicted molar refractivity (Wildman–Crippen MR) is 99.4 cm³/mol.